The number of piperidine rings is 1. The molecule has 0 unspecified atom stereocenters. The lowest BCUT2D eigenvalue weighted by atomic mass is 10.1. The standard InChI is InChI=1S/C18H26N4O2/c1-2-21(11-5-10-19)18(24)14-20-16-6-3-4-7-17(16)22-12-8-15(23)9-13-22/h3-4,6-7,15,20,23H,2,5,8-9,11-14H2,1H3. The molecule has 1 saturated heterocycles. The Labute approximate surface area is 143 Å². The van der Waals surface area contributed by atoms with Crippen molar-refractivity contribution in [3.63, 3.8) is 0 Å². The molecule has 1 aliphatic rings. The normalized spacial score (nSPS) is 15.0. The van der Waals surface area contributed by atoms with E-state index < -0.39 is 0 Å². The average molecular weight is 330 g/mol. The summed E-state index contributed by atoms with van der Waals surface area (Å²) in [5.41, 5.74) is 2.00. The minimum atomic E-state index is -0.207. The molecule has 0 saturated carbocycles. The maximum absolute atomic E-state index is 12.3. The zero-order valence-corrected chi connectivity index (χ0v) is 14.2. The van der Waals surface area contributed by atoms with Crippen LogP contribution in [-0.4, -0.2) is 54.7 Å². The number of carbonyl (C=O) groups excluding carboxylic acids is 1. The molecule has 1 fully saturated rings. The van der Waals surface area contributed by atoms with Crippen molar-refractivity contribution in [3.8, 4) is 6.07 Å². The van der Waals surface area contributed by atoms with Crippen LogP contribution < -0.4 is 10.2 Å². The molecule has 0 spiro atoms. The summed E-state index contributed by atoms with van der Waals surface area (Å²) in [4.78, 5) is 16.2. The molecule has 24 heavy (non-hydrogen) atoms. The van der Waals surface area contributed by atoms with E-state index in [1.54, 1.807) is 4.90 Å². The van der Waals surface area contributed by atoms with Crippen molar-refractivity contribution in [2.24, 2.45) is 0 Å². The molecule has 0 aliphatic carbocycles. The summed E-state index contributed by atoms with van der Waals surface area (Å²) < 4.78 is 0. The highest BCUT2D eigenvalue weighted by Crippen LogP contribution is 2.28. The second kappa shape index (κ2) is 9.14. The highest BCUT2D eigenvalue weighted by molar-refractivity contribution is 5.82. The van der Waals surface area contributed by atoms with Gasteiger partial charge < -0.3 is 20.2 Å². The number of nitrogens with one attached hydrogen (secondary N) is 1. The number of para-hydroxylation sites is 2. The van der Waals surface area contributed by atoms with Gasteiger partial charge in [0.15, 0.2) is 0 Å². The summed E-state index contributed by atoms with van der Waals surface area (Å²) in [5.74, 6) is -0.00313. The topological polar surface area (TPSA) is 79.6 Å². The number of carbonyl (C=O) groups is 1. The molecule has 1 aromatic rings. The number of likely N-dealkylation sites (N-methyl/N-ethyl adjacent to an activating group) is 1. The molecule has 2 N–H and O–H groups in total. The Kier molecular flexibility index (Phi) is 6.89. The van der Waals surface area contributed by atoms with Crippen LogP contribution in [0.25, 0.3) is 0 Å². The molecule has 0 radical (unpaired) electrons. The molecule has 2 rings (SSSR count). The van der Waals surface area contributed by atoms with Crippen molar-refractivity contribution in [1.29, 1.82) is 5.26 Å². The van der Waals surface area contributed by atoms with Crippen LogP contribution >= 0.6 is 0 Å². The number of aliphatic hydroxyl groups excluding tert-OH is 1. The minimum Gasteiger partial charge on any atom is -0.393 e. The highest BCUT2D eigenvalue weighted by atomic mass is 16.3. The number of benzene rings is 1. The van der Waals surface area contributed by atoms with Crippen molar-refractivity contribution in [2.45, 2.75) is 32.3 Å². The smallest absolute Gasteiger partial charge is 0.241 e. The highest BCUT2D eigenvalue weighted by Gasteiger charge is 2.19. The van der Waals surface area contributed by atoms with E-state index in [2.05, 4.69) is 16.3 Å². The van der Waals surface area contributed by atoms with E-state index in [0.717, 1.165) is 37.3 Å². The zero-order valence-electron chi connectivity index (χ0n) is 14.2. The van der Waals surface area contributed by atoms with E-state index in [9.17, 15) is 9.90 Å². The quantitative estimate of drug-likeness (QED) is 0.797. The monoisotopic (exact) mass is 330 g/mol. The second-order valence-electron chi connectivity index (χ2n) is 5.97. The number of aliphatic hydroxyl groups is 1. The van der Waals surface area contributed by atoms with Gasteiger partial charge in [-0.25, -0.2) is 0 Å². The first-order chi connectivity index (χ1) is 11.7. The van der Waals surface area contributed by atoms with Crippen molar-refractivity contribution >= 4 is 17.3 Å². The lowest BCUT2D eigenvalue weighted by Crippen LogP contribution is -2.37. The Bertz CT molecular complexity index is 577. The number of amides is 1. The van der Waals surface area contributed by atoms with Crippen LogP contribution in [0.1, 0.15) is 26.2 Å². The van der Waals surface area contributed by atoms with Gasteiger partial charge in [0, 0.05) is 26.2 Å². The SMILES string of the molecule is CCN(CCC#N)C(=O)CNc1ccccc1N1CCC(O)CC1. The van der Waals surface area contributed by atoms with Gasteiger partial charge in [0.05, 0.1) is 36.5 Å². The number of anilines is 2. The summed E-state index contributed by atoms with van der Waals surface area (Å²) in [6.07, 6.45) is 1.68. The first kappa shape index (κ1) is 18.1. The molecule has 130 valence electrons. The predicted octanol–water partition coefficient (Wildman–Crippen LogP) is 1.82. The maximum Gasteiger partial charge on any atom is 0.241 e. The molecule has 0 bridgehead atoms. The van der Waals surface area contributed by atoms with Crippen LogP contribution in [-0.2, 0) is 4.79 Å². The summed E-state index contributed by atoms with van der Waals surface area (Å²) >= 11 is 0. The first-order valence-electron chi connectivity index (χ1n) is 8.56. The third-order valence-electron chi connectivity index (χ3n) is 4.37. The van der Waals surface area contributed by atoms with Crippen LogP contribution in [0.4, 0.5) is 11.4 Å². The largest absolute Gasteiger partial charge is 0.393 e. The van der Waals surface area contributed by atoms with E-state index >= 15 is 0 Å². The van der Waals surface area contributed by atoms with Gasteiger partial charge in [0.25, 0.3) is 0 Å². The molecule has 1 aromatic carbocycles. The Morgan fingerprint density at radius 2 is 2.12 bits per heavy atom. The van der Waals surface area contributed by atoms with Crippen LogP contribution in [0.5, 0.6) is 0 Å². The fraction of sp³-hybridized carbons (Fsp3) is 0.556. The Morgan fingerprint density at radius 1 is 1.42 bits per heavy atom. The van der Waals surface area contributed by atoms with Gasteiger partial charge in [-0.1, -0.05) is 12.1 Å². The van der Waals surface area contributed by atoms with Gasteiger partial charge >= 0.3 is 0 Å². The number of hydrogen-bond donors (Lipinski definition) is 2. The first-order valence-corrected chi connectivity index (χ1v) is 8.56. The van der Waals surface area contributed by atoms with Crippen LogP contribution in [0.2, 0.25) is 0 Å². The van der Waals surface area contributed by atoms with Crippen molar-refractivity contribution in [2.75, 3.05) is 42.9 Å². The zero-order chi connectivity index (χ0) is 17.4. The summed E-state index contributed by atoms with van der Waals surface area (Å²) in [5, 5.41) is 21.6. The molecule has 1 amide bonds. The van der Waals surface area contributed by atoms with E-state index in [1.165, 1.54) is 0 Å². The van der Waals surface area contributed by atoms with E-state index in [0.29, 0.717) is 19.5 Å². The fourth-order valence-electron chi connectivity index (χ4n) is 2.93. The Hall–Kier alpha value is -2.26. The molecule has 1 heterocycles. The molecule has 0 atom stereocenters. The summed E-state index contributed by atoms with van der Waals surface area (Å²) in [7, 11) is 0. The van der Waals surface area contributed by atoms with Crippen molar-refractivity contribution in [1.82, 2.24) is 4.90 Å². The second-order valence-corrected chi connectivity index (χ2v) is 5.97. The molecular weight excluding hydrogens is 304 g/mol. The lowest BCUT2D eigenvalue weighted by Gasteiger charge is -2.33. The Morgan fingerprint density at radius 3 is 2.79 bits per heavy atom. The third-order valence-corrected chi connectivity index (χ3v) is 4.37. The van der Waals surface area contributed by atoms with Gasteiger partial charge in [-0.05, 0) is 31.9 Å². The van der Waals surface area contributed by atoms with Crippen LogP contribution in [0.15, 0.2) is 24.3 Å². The van der Waals surface area contributed by atoms with Gasteiger partial charge in [-0.15, -0.1) is 0 Å². The van der Waals surface area contributed by atoms with Gasteiger partial charge in [-0.3, -0.25) is 4.79 Å². The molecule has 6 heteroatoms. The van der Waals surface area contributed by atoms with Gasteiger partial charge in [0.1, 0.15) is 0 Å². The number of nitriles is 1. The van der Waals surface area contributed by atoms with Crippen molar-refractivity contribution < 1.29 is 9.90 Å². The minimum absolute atomic E-state index is 0.00313. The van der Waals surface area contributed by atoms with Gasteiger partial charge in [0.2, 0.25) is 5.91 Å². The van der Waals surface area contributed by atoms with Crippen LogP contribution in [0, 0.1) is 11.3 Å². The fourth-order valence-corrected chi connectivity index (χ4v) is 2.93. The number of rotatable bonds is 7. The number of hydrogen-bond acceptors (Lipinski definition) is 5. The third kappa shape index (κ3) is 4.87. The van der Waals surface area contributed by atoms with Crippen molar-refractivity contribution in [3.05, 3.63) is 24.3 Å². The lowest BCUT2D eigenvalue weighted by molar-refractivity contribution is -0.129. The van der Waals surface area contributed by atoms with E-state index in [1.807, 2.05) is 31.2 Å². The number of nitrogens with zero attached hydrogens (tertiary/aromatic N) is 3. The molecule has 0 aromatic heterocycles. The van der Waals surface area contributed by atoms with Gasteiger partial charge in [-0.2, -0.15) is 5.26 Å². The van der Waals surface area contributed by atoms with Crippen LogP contribution in [0.3, 0.4) is 0 Å². The molecule has 1 aliphatic heterocycles. The van der Waals surface area contributed by atoms with E-state index in [-0.39, 0.29) is 18.6 Å². The average Bonchev–Trinajstić information content (AvgIpc) is 2.61. The Balaban J connectivity index is 1.97. The van der Waals surface area contributed by atoms with E-state index in [4.69, 9.17) is 5.26 Å². The molecular formula is C18H26N4O2. The summed E-state index contributed by atoms with van der Waals surface area (Å²) in [6, 6.07) is 10.0. The summed E-state index contributed by atoms with van der Waals surface area (Å²) in [6.45, 7) is 4.84. The predicted molar refractivity (Wildman–Crippen MR) is 94.9 cm³/mol. The maximum atomic E-state index is 12.3. The molecule has 6 nitrogen and oxygen atoms in total.